The van der Waals surface area contributed by atoms with Crippen molar-refractivity contribution in [1.29, 1.82) is 0 Å². The molecule has 0 spiro atoms. The Morgan fingerprint density at radius 2 is 1.26 bits per heavy atom. The van der Waals surface area contributed by atoms with Gasteiger partial charge in [-0.2, -0.15) is 0 Å². The van der Waals surface area contributed by atoms with E-state index in [-0.39, 0.29) is 0 Å². The third-order valence-electron chi connectivity index (χ3n) is 6.97. The molecule has 0 saturated heterocycles. The first-order chi connectivity index (χ1) is 16.8. The molecule has 0 amide bonds. The van der Waals surface area contributed by atoms with Crippen molar-refractivity contribution in [1.82, 2.24) is 9.55 Å². The molecule has 0 aliphatic carbocycles. The van der Waals surface area contributed by atoms with Crippen LogP contribution in [0.5, 0.6) is 0 Å². The molecule has 0 N–H and O–H groups in total. The Morgan fingerprint density at radius 3 is 2.15 bits per heavy atom. The summed E-state index contributed by atoms with van der Waals surface area (Å²) in [6.07, 6.45) is 0. The summed E-state index contributed by atoms with van der Waals surface area (Å²) >= 11 is 0. The molecule has 1 aromatic heterocycles. The van der Waals surface area contributed by atoms with Crippen molar-refractivity contribution in [3.63, 3.8) is 0 Å². The largest absolute Gasteiger partial charge is 0.327 e. The van der Waals surface area contributed by atoms with Crippen LogP contribution in [-0.4, -0.2) is 9.55 Å². The average molecular weight is 435 g/mol. The maximum absolute atomic E-state index is 4.93. The van der Waals surface area contributed by atoms with Crippen LogP contribution in [-0.2, 0) is 7.05 Å². The van der Waals surface area contributed by atoms with Crippen LogP contribution in [0, 0.1) is 0 Å². The number of aryl methyl sites for hydroxylation is 1. The number of hydrogen-bond donors (Lipinski definition) is 0. The lowest BCUT2D eigenvalue weighted by Gasteiger charge is -2.14. The molecule has 34 heavy (non-hydrogen) atoms. The Bertz CT molecular complexity index is 1870. The van der Waals surface area contributed by atoms with E-state index in [0.29, 0.717) is 0 Å². The van der Waals surface area contributed by atoms with Crippen molar-refractivity contribution >= 4 is 43.4 Å². The predicted molar refractivity (Wildman–Crippen MR) is 144 cm³/mol. The highest BCUT2D eigenvalue weighted by Gasteiger charge is 2.14. The molecular formula is C32H22N2. The minimum Gasteiger partial charge on any atom is -0.327 e. The first-order valence-corrected chi connectivity index (χ1v) is 11.6. The quantitative estimate of drug-likeness (QED) is 0.250. The number of aromatic nitrogens is 2. The highest BCUT2D eigenvalue weighted by molar-refractivity contribution is 6.23. The zero-order valence-electron chi connectivity index (χ0n) is 18.9. The number of fused-ring (bicyclic) bond motifs is 6. The number of rotatable bonds is 2. The normalized spacial score (nSPS) is 11.7. The van der Waals surface area contributed by atoms with Crippen LogP contribution in [0.1, 0.15) is 0 Å². The summed E-state index contributed by atoms with van der Waals surface area (Å²) in [6.45, 7) is 0. The first-order valence-electron chi connectivity index (χ1n) is 11.6. The van der Waals surface area contributed by atoms with E-state index in [9.17, 15) is 0 Å². The van der Waals surface area contributed by atoms with Crippen LogP contribution in [0.15, 0.2) is 115 Å². The molecule has 0 aliphatic heterocycles. The lowest BCUT2D eigenvalue weighted by molar-refractivity contribution is 0.959. The zero-order valence-corrected chi connectivity index (χ0v) is 18.9. The van der Waals surface area contributed by atoms with Crippen LogP contribution < -0.4 is 0 Å². The zero-order chi connectivity index (χ0) is 22.6. The Hall–Kier alpha value is -4.43. The third-order valence-corrected chi connectivity index (χ3v) is 6.97. The topological polar surface area (TPSA) is 17.8 Å². The summed E-state index contributed by atoms with van der Waals surface area (Å²) in [7, 11) is 2.09. The second-order valence-electron chi connectivity index (χ2n) is 8.92. The Balaban J connectivity index is 1.50. The van der Waals surface area contributed by atoms with Crippen molar-refractivity contribution in [2.45, 2.75) is 0 Å². The van der Waals surface area contributed by atoms with Gasteiger partial charge in [-0.1, -0.05) is 91.0 Å². The van der Waals surface area contributed by atoms with Gasteiger partial charge in [-0.15, -0.1) is 0 Å². The fourth-order valence-corrected chi connectivity index (χ4v) is 5.35. The summed E-state index contributed by atoms with van der Waals surface area (Å²) in [5.74, 6) is 0.985. The molecule has 0 aliphatic rings. The molecule has 0 fully saturated rings. The van der Waals surface area contributed by atoms with Crippen LogP contribution in [0.25, 0.3) is 65.9 Å². The average Bonchev–Trinajstić information content (AvgIpc) is 3.24. The number of para-hydroxylation sites is 2. The van der Waals surface area contributed by atoms with Gasteiger partial charge >= 0.3 is 0 Å². The van der Waals surface area contributed by atoms with Gasteiger partial charge in [0.25, 0.3) is 0 Å². The standard InChI is InChI=1S/C32H22N2/c1-34-30-16-7-6-15-29(30)33-32(34)24-11-8-10-22(19-24)28-20-23-18-17-21-9-2-3-12-25(21)31(23)27-14-5-4-13-26(27)28/h2-20H,1H3. The van der Waals surface area contributed by atoms with Gasteiger partial charge in [0.15, 0.2) is 0 Å². The fourth-order valence-electron chi connectivity index (χ4n) is 5.35. The van der Waals surface area contributed by atoms with Crippen molar-refractivity contribution < 1.29 is 0 Å². The van der Waals surface area contributed by atoms with Gasteiger partial charge in [0.05, 0.1) is 11.0 Å². The van der Waals surface area contributed by atoms with Crippen molar-refractivity contribution in [3.05, 3.63) is 115 Å². The third kappa shape index (κ3) is 2.79. The fraction of sp³-hybridized carbons (Fsp3) is 0.0312. The molecule has 6 aromatic carbocycles. The van der Waals surface area contributed by atoms with E-state index in [2.05, 4.69) is 121 Å². The van der Waals surface area contributed by atoms with Crippen LogP contribution >= 0.6 is 0 Å². The van der Waals surface area contributed by atoms with Gasteiger partial charge in [-0.25, -0.2) is 4.98 Å². The van der Waals surface area contributed by atoms with E-state index in [1.54, 1.807) is 0 Å². The highest BCUT2D eigenvalue weighted by Crippen LogP contribution is 2.39. The number of hydrogen-bond acceptors (Lipinski definition) is 1. The summed E-state index contributed by atoms with van der Waals surface area (Å²) in [4.78, 5) is 4.93. The van der Waals surface area contributed by atoms with E-state index >= 15 is 0 Å². The Kier molecular flexibility index (Phi) is 4.09. The molecular weight excluding hydrogens is 412 g/mol. The van der Waals surface area contributed by atoms with E-state index in [1.165, 1.54) is 43.4 Å². The van der Waals surface area contributed by atoms with E-state index in [4.69, 9.17) is 4.98 Å². The maximum Gasteiger partial charge on any atom is 0.140 e. The van der Waals surface area contributed by atoms with Gasteiger partial charge in [0.1, 0.15) is 5.82 Å². The second kappa shape index (κ2) is 7.29. The molecule has 160 valence electrons. The van der Waals surface area contributed by atoms with E-state index in [0.717, 1.165) is 22.4 Å². The number of nitrogens with zero attached hydrogens (tertiary/aromatic N) is 2. The van der Waals surface area contributed by atoms with Crippen molar-refractivity contribution in [3.8, 4) is 22.5 Å². The van der Waals surface area contributed by atoms with E-state index in [1.807, 2.05) is 6.07 Å². The molecule has 0 atom stereocenters. The Labute approximate surface area is 197 Å². The predicted octanol–water partition coefficient (Wildman–Crippen LogP) is 8.37. The number of imidazole rings is 1. The molecule has 0 bridgehead atoms. The summed E-state index contributed by atoms with van der Waals surface area (Å²) in [5.41, 5.74) is 5.74. The molecule has 7 aromatic rings. The van der Waals surface area contributed by atoms with Gasteiger partial charge in [0.2, 0.25) is 0 Å². The molecule has 1 heterocycles. The van der Waals surface area contributed by atoms with Gasteiger partial charge in [-0.3, -0.25) is 0 Å². The molecule has 2 nitrogen and oxygen atoms in total. The number of benzene rings is 6. The summed E-state index contributed by atoms with van der Waals surface area (Å²) in [5, 5.41) is 7.73. The molecule has 0 saturated carbocycles. The van der Waals surface area contributed by atoms with Crippen LogP contribution in [0.3, 0.4) is 0 Å². The summed E-state index contributed by atoms with van der Waals surface area (Å²) in [6, 6.07) is 41.3. The lowest BCUT2D eigenvalue weighted by Crippen LogP contribution is -1.93. The van der Waals surface area contributed by atoms with Crippen molar-refractivity contribution in [2.24, 2.45) is 7.05 Å². The maximum atomic E-state index is 4.93. The van der Waals surface area contributed by atoms with Crippen molar-refractivity contribution in [2.75, 3.05) is 0 Å². The first kappa shape index (κ1) is 19.1. The molecule has 0 radical (unpaired) electrons. The molecule has 0 unspecified atom stereocenters. The SMILES string of the molecule is Cn1c(-c2cccc(-c3cc4ccc5ccccc5c4c4ccccc34)c2)nc2ccccc21. The van der Waals surface area contributed by atoms with Gasteiger partial charge in [0, 0.05) is 12.6 Å². The molecule has 2 heteroatoms. The van der Waals surface area contributed by atoms with Crippen LogP contribution in [0.2, 0.25) is 0 Å². The van der Waals surface area contributed by atoms with Gasteiger partial charge < -0.3 is 4.57 Å². The smallest absolute Gasteiger partial charge is 0.140 e. The van der Waals surface area contributed by atoms with Crippen LogP contribution in [0.4, 0.5) is 0 Å². The van der Waals surface area contributed by atoms with Gasteiger partial charge in [-0.05, 0) is 67.7 Å². The summed E-state index contributed by atoms with van der Waals surface area (Å²) < 4.78 is 2.18. The monoisotopic (exact) mass is 434 g/mol. The Morgan fingerprint density at radius 1 is 0.559 bits per heavy atom. The second-order valence-corrected chi connectivity index (χ2v) is 8.92. The van der Waals surface area contributed by atoms with E-state index < -0.39 is 0 Å². The minimum atomic E-state index is 0.985. The lowest BCUT2D eigenvalue weighted by atomic mass is 9.90. The highest BCUT2D eigenvalue weighted by atomic mass is 15.1. The molecule has 7 rings (SSSR count). The minimum absolute atomic E-state index is 0.985.